The number of carbonyl (C=O) groups is 1. The molecule has 0 aliphatic heterocycles. The molecule has 0 radical (unpaired) electrons. The van der Waals surface area contributed by atoms with Crippen LogP contribution >= 0.6 is 0 Å². The van der Waals surface area contributed by atoms with E-state index in [-0.39, 0.29) is 11.8 Å². The van der Waals surface area contributed by atoms with Crippen molar-refractivity contribution in [2.75, 3.05) is 13.6 Å². The minimum atomic E-state index is -4.40. The van der Waals surface area contributed by atoms with Gasteiger partial charge in [-0.05, 0) is 60.2 Å². The summed E-state index contributed by atoms with van der Waals surface area (Å²) in [6.45, 7) is 6.70. The van der Waals surface area contributed by atoms with Crippen molar-refractivity contribution in [2.24, 2.45) is 5.92 Å². The van der Waals surface area contributed by atoms with Crippen LogP contribution in [0.15, 0.2) is 78.9 Å². The van der Waals surface area contributed by atoms with E-state index in [9.17, 15) is 18.0 Å². The van der Waals surface area contributed by atoms with Crippen LogP contribution in [-0.2, 0) is 17.4 Å². The monoisotopic (exact) mass is 497 g/mol. The fourth-order valence-corrected chi connectivity index (χ4v) is 4.32. The fourth-order valence-electron chi connectivity index (χ4n) is 4.32. The van der Waals surface area contributed by atoms with Crippen LogP contribution in [0, 0.1) is 5.92 Å². The van der Waals surface area contributed by atoms with Gasteiger partial charge in [0.1, 0.15) is 11.9 Å². The Labute approximate surface area is 211 Å². The summed E-state index contributed by atoms with van der Waals surface area (Å²) in [5.74, 6) is 0.575. The van der Waals surface area contributed by atoms with Crippen molar-refractivity contribution in [2.45, 2.75) is 51.8 Å². The molecule has 3 aromatic carbocycles. The number of alkyl halides is 3. The van der Waals surface area contributed by atoms with Gasteiger partial charge in [-0.3, -0.25) is 4.79 Å². The number of benzene rings is 3. The van der Waals surface area contributed by atoms with Crippen LogP contribution in [0.2, 0.25) is 0 Å². The van der Waals surface area contributed by atoms with Gasteiger partial charge in [0.05, 0.1) is 11.5 Å². The average molecular weight is 498 g/mol. The second-order valence-corrected chi connectivity index (χ2v) is 9.61. The number of amides is 1. The molecule has 1 amide bonds. The molecule has 0 aliphatic carbocycles. The molecule has 2 atom stereocenters. The highest BCUT2D eigenvalue weighted by atomic mass is 19.4. The Morgan fingerprint density at radius 2 is 1.50 bits per heavy atom. The van der Waals surface area contributed by atoms with E-state index < -0.39 is 17.8 Å². The average Bonchev–Trinajstić information content (AvgIpc) is 2.85. The number of carbonyl (C=O) groups excluding carboxylic acids is 1. The zero-order valence-corrected chi connectivity index (χ0v) is 21.3. The summed E-state index contributed by atoms with van der Waals surface area (Å²) in [6, 6.07) is 22.3. The molecular weight excluding hydrogens is 463 g/mol. The highest BCUT2D eigenvalue weighted by molar-refractivity contribution is 5.83. The molecule has 3 rings (SSSR count). The number of nitrogens with zero attached hydrogens (tertiary/aromatic N) is 1. The lowest BCUT2D eigenvalue weighted by atomic mass is 9.90. The third kappa shape index (κ3) is 7.36. The Morgan fingerprint density at radius 3 is 2.11 bits per heavy atom. The minimum Gasteiger partial charge on any atom is -0.486 e. The number of ether oxygens (including phenoxy) is 1. The highest BCUT2D eigenvalue weighted by Gasteiger charge is 2.30. The molecule has 0 bridgehead atoms. The van der Waals surface area contributed by atoms with Gasteiger partial charge in [-0.15, -0.1) is 0 Å². The predicted octanol–water partition coefficient (Wildman–Crippen LogP) is 7.68. The van der Waals surface area contributed by atoms with Gasteiger partial charge in [0, 0.05) is 20.0 Å². The molecule has 192 valence electrons. The molecule has 0 heterocycles. The smallest absolute Gasteiger partial charge is 0.416 e. The van der Waals surface area contributed by atoms with Gasteiger partial charge in [0.2, 0.25) is 5.91 Å². The third-order valence-electron chi connectivity index (χ3n) is 6.25. The number of hydrogen-bond acceptors (Lipinski definition) is 2. The van der Waals surface area contributed by atoms with Crippen LogP contribution in [0.4, 0.5) is 13.2 Å². The standard InChI is InChI=1S/C30H34F3NO2/c1-21(2)20-24-12-8-9-13-27(24)22(3)29(35)34(4)19-18-28(23-10-6-5-7-11-23)36-26-16-14-25(15-17-26)30(31,32)33/h5-17,21-22,28H,18-20H2,1-4H3/t22?,28-/m0/s1. The van der Waals surface area contributed by atoms with Crippen molar-refractivity contribution in [1.82, 2.24) is 4.90 Å². The van der Waals surface area contributed by atoms with Gasteiger partial charge in [0.15, 0.2) is 0 Å². The Hall–Kier alpha value is -3.28. The number of hydrogen-bond donors (Lipinski definition) is 0. The van der Waals surface area contributed by atoms with Crippen LogP contribution in [0.1, 0.15) is 61.5 Å². The zero-order chi connectivity index (χ0) is 26.3. The molecule has 0 saturated heterocycles. The lowest BCUT2D eigenvalue weighted by Gasteiger charge is -2.26. The molecule has 0 aromatic heterocycles. The summed E-state index contributed by atoms with van der Waals surface area (Å²) >= 11 is 0. The molecule has 0 N–H and O–H groups in total. The van der Waals surface area contributed by atoms with E-state index in [0.717, 1.165) is 29.7 Å². The van der Waals surface area contributed by atoms with Crippen molar-refractivity contribution >= 4 is 5.91 Å². The predicted molar refractivity (Wildman–Crippen MR) is 137 cm³/mol. The Kier molecular flexibility index (Phi) is 9.19. The van der Waals surface area contributed by atoms with Gasteiger partial charge in [-0.1, -0.05) is 68.4 Å². The van der Waals surface area contributed by atoms with Crippen LogP contribution < -0.4 is 4.74 Å². The Balaban J connectivity index is 1.71. The summed E-state index contributed by atoms with van der Waals surface area (Å²) in [4.78, 5) is 15.0. The molecule has 0 saturated carbocycles. The van der Waals surface area contributed by atoms with Crippen molar-refractivity contribution in [3.63, 3.8) is 0 Å². The lowest BCUT2D eigenvalue weighted by molar-refractivity contribution is -0.137. The summed E-state index contributed by atoms with van der Waals surface area (Å²) in [6.07, 6.45) is -3.41. The molecule has 3 nitrogen and oxygen atoms in total. The fraction of sp³-hybridized carbons (Fsp3) is 0.367. The maximum atomic E-state index is 13.3. The second kappa shape index (κ2) is 12.1. The van der Waals surface area contributed by atoms with E-state index in [0.29, 0.717) is 24.6 Å². The Bertz CT molecular complexity index is 1110. The van der Waals surface area contributed by atoms with E-state index >= 15 is 0 Å². The summed E-state index contributed by atoms with van der Waals surface area (Å²) < 4.78 is 44.9. The summed E-state index contributed by atoms with van der Waals surface area (Å²) in [5, 5.41) is 0. The molecule has 0 aliphatic rings. The minimum absolute atomic E-state index is 0.0209. The lowest BCUT2D eigenvalue weighted by Crippen LogP contribution is -2.33. The maximum absolute atomic E-state index is 13.3. The van der Waals surface area contributed by atoms with E-state index in [1.165, 1.54) is 17.7 Å². The van der Waals surface area contributed by atoms with Crippen LogP contribution in [0.3, 0.4) is 0 Å². The molecule has 3 aromatic rings. The highest BCUT2D eigenvalue weighted by Crippen LogP contribution is 2.32. The van der Waals surface area contributed by atoms with Crippen molar-refractivity contribution in [3.8, 4) is 5.75 Å². The van der Waals surface area contributed by atoms with Crippen LogP contribution in [-0.4, -0.2) is 24.4 Å². The van der Waals surface area contributed by atoms with E-state index in [1.54, 1.807) is 11.9 Å². The first kappa shape index (κ1) is 27.3. The van der Waals surface area contributed by atoms with E-state index in [2.05, 4.69) is 19.9 Å². The number of halogens is 3. The maximum Gasteiger partial charge on any atom is 0.416 e. The van der Waals surface area contributed by atoms with Crippen LogP contribution in [0.5, 0.6) is 5.75 Å². The topological polar surface area (TPSA) is 29.5 Å². The molecule has 1 unspecified atom stereocenters. The van der Waals surface area contributed by atoms with E-state index in [4.69, 9.17) is 4.74 Å². The van der Waals surface area contributed by atoms with E-state index in [1.807, 2.05) is 55.5 Å². The first-order valence-corrected chi connectivity index (χ1v) is 12.3. The first-order valence-electron chi connectivity index (χ1n) is 12.3. The van der Waals surface area contributed by atoms with Gasteiger partial charge in [-0.2, -0.15) is 13.2 Å². The molecular formula is C30H34F3NO2. The van der Waals surface area contributed by atoms with Gasteiger partial charge < -0.3 is 9.64 Å². The molecule has 0 spiro atoms. The Morgan fingerprint density at radius 1 is 0.889 bits per heavy atom. The van der Waals surface area contributed by atoms with Gasteiger partial charge in [0.25, 0.3) is 0 Å². The van der Waals surface area contributed by atoms with Crippen molar-refractivity contribution in [3.05, 3.63) is 101 Å². The SMILES string of the molecule is CC(C)Cc1ccccc1C(C)C(=O)N(C)CC[C@H](Oc1ccc(C(F)(F)F)cc1)c1ccccc1. The first-order chi connectivity index (χ1) is 17.1. The quantitative estimate of drug-likeness (QED) is 0.288. The molecule has 36 heavy (non-hydrogen) atoms. The zero-order valence-electron chi connectivity index (χ0n) is 21.3. The van der Waals surface area contributed by atoms with Gasteiger partial charge in [-0.25, -0.2) is 0 Å². The van der Waals surface area contributed by atoms with Crippen LogP contribution in [0.25, 0.3) is 0 Å². The largest absolute Gasteiger partial charge is 0.486 e. The normalized spacial score (nSPS) is 13.3. The summed E-state index contributed by atoms with van der Waals surface area (Å²) in [7, 11) is 1.78. The van der Waals surface area contributed by atoms with Crippen molar-refractivity contribution in [1.29, 1.82) is 0 Å². The number of likely N-dealkylation sites (N-methyl/N-ethyl adjacent to an activating group) is 1. The number of rotatable bonds is 10. The van der Waals surface area contributed by atoms with Gasteiger partial charge >= 0.3 is 6.18 Å². The summed E-state index contributed by atoms with van der Waals surface area (Å²) in [5.41, 5.74) is 2.41. The third-order valence-corrected chi connectivity index (χ3v) is 6.25. The molecule has 0 fully saturated rings. The second-order valence-electron chi connectivity index (χ2n) is 9.61. The molecule has 6 heteroatoms. The van der Waals surface area contributed by atoms with Crippen molar-refractivity contribution < 1.29 is 22.7 Å².